The van der Waals surface area contributed by atoms with E-state index in [1.54, 1.807) is 38.3 Å². The van der Waals surface area contributed by atoms with Crippen LogP contribution in [0.25, 0.3) is 11.4 Å². The molecule has 0 fully saturated rings. The number of nitrogens with zero attached hydrogens (tertiary/aromatic N) is 3. The maximum absolute atomic E-state index is 5.38. The van der Waals surface area contributed by atoms with Gasteiger partial charge in [-0.25, -0.2) is 5.10 Å². The summed E-state index contributed by atoms with van der Waals surface area (Å²) in [6.07, 6.45) is 1.66. The Morgan fingerprint density at radius 3 is 2.35 bits per heavy atom. The van der Waals surface area contributed by atoms with Gasteiger partial charge in [0, 0.05) is 17.2 Å². The van der Waals surface area contributed by atoms with Crippen LogP contribution in [0, 0.1) is 4.77 Å². The van der Waals surface area contributed by atoms with Crippen molar-refractivity contribution in [3.8, 4) is 28.6 Å². The topological polar surface area (TPSA) is 73.7 Å². The molecule has 0 amide bonds. The van der Waals surface area contributed by atoms with Gasteiger partial charge in [0.1, 0.15) is 17.2 Å². The Kier molecular flexibility index (Phi) is 5.33. The molecule has 0 aliphatic heterocycles. The molecular formula is C18H18N4O3S. The van der Waals surface area contributed by atoms with Crippen LogP contribution in [0.4, 0.5) is 0 Å². The molecule has 0 aliphatic rings. The van der Waals surface area contributed by atoms with Crippen LogP contribution in [-0.2, 0) is 0 Å². The Morgan fingerprint density at radius 1 is 1.00 bits per heavy atom. The van der Waals surface area contributed by atoms with E-state index in [9.17, 15) is 0 Å². The number of hydrogen-bond acceptors (Lipinski definition) is 6. The maximum atomic E-state index is 5.38. The third kappa shape index (κ3) is 3.60. The fraction of sp³-hybridized carbons (Fsp3) is 0.167. The van der Waals surface area contributed by atoms with Crippen LogP contribution in [0.15, 0.2) is 47.6 Å². The molecule has 1 heterocycles. The highest BCUT2D eigenvalue weighted by atomic mass is 32.1. The summed E-state index contributed by atoms with van der Waals surface area (Å²) in [7, 11) is 4.82. The Labute approximate surface area is 155 Å². The third-order valence-electron chi connectivity index (χ3n) is 3.75. The molecule has 0 spiro atoms. The van der Waals surface area contributed by atoms with Crippen LogP contribution in [0.3, 0.4) is 0 Å². The van der Waals surface area contributed by atoms with Crippen LogP contribution in [-0.4, -0.2) is 42.4 Å². The largest absolute Gasteiger partial charge is 0.497 e. The van der Waals surface area contributed by atoms with Crippen LogP contribution < -0.4 is 14.2 Å². The van der Waals surface area contributed by atoms with E-state index in [4.69, 9.17) is 26.4 Å². The molecule has 8 heteroatoms. The van der Waals surface area contributed by atoms with Crippen LogP contribution in [0.1, 0.15) is 5.56 Å². The lowest BCUT2D eigenvalue weighted by molar-refractivity contribution is 0.394. The summed E-state index contributed by atoms with van der Waals surface area (Å²) < 4.78 is 17.7. The average molecular weight is 370 g/mol. The molecule has 7 nitrogen and oxygen atoms in total. The van der Waals surface area contributed by atoms with Crippen molar-refractivity contribution in [2.45, 2.75) is 0 Å². The standard InChI is InChI=1S/C18H18N4O3S/c1-23-14-7-4-12(5-8-14)17-20-21-18(26)22(17)19-11-13-6-9-15(24-2)10-16(13)25-3/h4-11H,1-3H3,(H,21,26)/b19-11-. The minimum atomic E-state index is 0.388. The smallest absolute Gasteiger partial charge is 0.216 e. The quantitative estimate of drug-likeness (QED) is 0.531. The number of ether oxygens (including phenoxy) is 3. The summed E-state index contributed by atoms with van der Waals surface area (Å²) in [5, 5.41) is 11.5. The number of rotatable bonds is 6. The lowest BCUT2D eigenvalue weighted by Gasteiger charge is -2.07. The zero-order valence-corrected chi connectivity index (χ0v) is 15.4. The number of hydrogen-bond donors (Lipinski definition) is 1. The highest BCUT2D eigenvalue weighted by molar-refractivity contribution is 7.71. The van der Waals surface area contributed by atoms with E-state index >= 15 is 0 Å². The van der Waals surface area contributed by atoms with Gasteiger partial charge in [0.15, 0.2) is 5.82 Å². The second-order valence-corrected chi connectivity index (χ2v) is 5.63. The summed E-state index contributed by atoms with van der Waals surface area (Å²) in [5.41, 5.74) is 1.65. The number of nitrogens with one attached hydrogen (secondary N) is 1. The molecule has 2 aromatic carbocycles. The van der Waals surface area contributed by atoms with E-state index in [0.29, 0.717) is 22.1 Å². The first-order valence-corrected chi connectivity index (χ1v) is 8.15. The van der Waals surface area contributed by atoms with E-state index in [2.05, 4.69) is 15.3 Å². The van der Waals surface area contributed by atoms with Crippen LogP contribution >= 0.6 is 12.2 Å². The molecule has 0 saturated carbocycles. The van der Waals surface area contributed by atoms with Gasteiger partial charge in [-0.15, -0.1) is 0 Å². The zero-order valence-electron chi connectivity index (χ0n) is 14.6. The fourth-order valence-electron chi connectivity index (χ4n) is 2.37. The average Bonchev–Trinajstić information content (AvgIpc) is 3.06. The molecule has 0 saturated heterocycles. The van der Waals surface area contributed by atoms with E-state index < -0.39 is 0 Å². The van der Waals surface area contributed by atoms with Gasteiger partial charge in [0.25, 0.3) is 0 Å². The predicted octanol–water partition coefficient (Wildman–Crippen LogP) is 3.52. The Hall–Kier alpha value is -3.13. The summed E-state index contributed by atoms with van der Waals surface area (Å²) in [4.78, 5) is 0. The second-order valence-electron chi connectivity index (χ2n) is 5.25. The highest BCUT2D eigenvalue weighted by Crippen LogP contribution is 2.24. The zero-order chi connectivity index (χ0) is 18.5. The Balaban J connectivity index is 1.97. The fourth-order valence-corrected chi connectivity index (χ4v) is 2.55. The van der Waals surface area contributed by atoms with Crippen molar-refractivity contribution in [1.29, 1.82) is 0 Å². The summed E-state index contributed by atoms with van der Waals surface area (Å²) in [6.45, 7) is 0. The SMILES string of the molecule is COc1ccc(-c2n[nH]c(=S)n2/N=C\c2ccc(OC)cc2OC)cc1. The molecule has 1 N–H and O–H groups in total. The molecule has 0 bridgehead atoms. The van der Waals surface area contributed by atoms with Crippen molar-refractivity contribution in [1.82, 2.24) is 14.9 Å². The molecule has 0 radical (unpaired) electrons. The number of methoxy groups -OCH3 is 3. The number of aromatic amines is 1. The molecule has 0 aliphatic carbocycles. The molecule has 3 aromatic rings. The first kappa shape index (κ1) is 17.7. The minimum Gasteiger partial charge on any atom is -0.497 e. The monoisotopic (exact) mass is 370 g/mol. The van der Waals surface area contributed by atoms with E-state index in [1.165, 1.54) is 0 Å². The van der Waals surface area contributed by atoms with E-state index in [-0.39, 0.29) is 0 Å². The summed E-state index contributed by atoms with van der Waals surface area (Å²) in [6, 6.07) is 13.0. The molecule has 0 atom stereocenters. The van der Waals surface area contributed by atoms with Crippen LogP contribution in [0.5, 0.6) is 17.2 Å². The van der Waals surface area contributed by atoms with E-state index in [1.807, 2.05) is 36.4 Å². The molecular weight excluding hydrogens is 352 g/mol. The second kappa shape index (κ2) is 7.83. The normalized spacial score (nSPS) is 10.9. The van der Waals surface area contributed by atoms with Crippen molar-refractivity contribution in [2.75, 3.05) is 21.3 Å². The molecule has 0 unspecified atom stereocenters. The summed E-state index contributed by atoms with van der Waals surface area (Å²) >= 11 is 5.29. The van der Waals surface area contributed by atoms with Gasteiger partial charge >= 0.3 is 0 Å². The number of H-pyrrole nitrogens is 1. The van der Waals surface area contributed by atoms with Crippen molar-refractivity contribution in [3.63, 3.8) is 0 Å². The lowest BCUT2D eigenvalue weighted by Crippen LogP contribution is -1.97. The first-order valence-electron chi connectivity index (χ1n) is 7.74. The van der Waals surface area contributed by atoms with Gasteiger partial charge in [-0.2, -0.15) is 14.9 Å². The lowest BCUT2D eigenvalue weighted by atomic mass is 10.2. The van der Waals surface area contributed by atoms with Crippen molar-refractivity contribution < 1.29 is 14.2 Å². The number of benzene rings is 2. The van der Waals surface area contributed by atoms with Crippen molar-refractivity contribution in [2.24, 2.45) is 5.10 Å². The Morgan fingerprint density at radius 2 is 1.69 bits per heavy atom. The molecule has 134 valence electrons. The first-order chi connectivity index (χ1) is 12.7. The maximum Gasteiger partial charge on any atom is 0.216 e. The van der Waals surface area contributed by atoms with Crippen LogP contribution in [0.2, 0.25) is 0 Å². The van der Waals surface area contributed by atoms with E-state index in [0.717, 1.165) is 16.9 Å². The van der Waals surface area contributed by atoms with Crippen molar-refractivity contribution >= 4 is 18.4 Å². The molecule has 1 aromatic heterocycles. The predicted molar refractivity (Wildman–Crippen MR) is 102 cm³/mol. The van der Waals surface area contributed by atoms with Gasteiger partial charge < -0.3 is 14.2 Å². The Bertz CT molecular complexity index is 977. The number of aromatic nitrogens is 3. The molecule has 26 heavy (non-hydrogen) atoms. The molecule has 3 rings (SSSR count). The highest BCUT2D eigenvalue weighted by Gasteiger charge is 2.09. The van der Waals surface area contributed by atoms with Gasteiger partial charge in [-0.1, -0.05) is 0 Å². The van der Waals surface area contributed by atoms with Gasteiger partial charge in [0.05, 0.1) is 27.5 Å². The minimum absolute atomic E-state index is 0.388. The van der Waals surface area contributed by atoms with Gasteiger partial charge in [0.2, 0.25) is 4.77 Å². The van der Waals surface area contributed by atoms with Gasteiger partial charge in [-0.3, -0.25) is 0 Å². The van der Waals surface area contributed by atoms with Gasteiger partial charge in [-0.05, 0) is 48.6 Å². The third-order valence-corrected chi connectivity index (χ3v) is 4.02. The summed E-state index contributed by atoms with van der Waals surface area (Å²) in [5.74, 6) is 2.72. The van der Waals surface area contributed by atoms with Crippen molar-refractivity contribution in [3.05, 3.63) is 52.8 Å².